The van der Waals surface area contributed by atoms with E-state index in [4.69, 9.17) is 15.6 Å². The van der Waals surface area contributed by atoms with E-state index in [1.807, 2.05) is 6.92 Å². The molecule has 0 fully saturated rings. The number of nitrogens with two attached hydrogens (primary N) is 1. The van der Waals surface area contributed by atoms with E-state index in [9.17, 15) is 4.79 Å². The fourth-order valence-corrected chi connectivity index (χ4v) is 1.01. The van der Waals surface area contributed by atoms with Gasteiger partial charge in [-0.05, 0) is 25.8 Å². The van der Waals surface area contributed by atoms with Crippen molar-refractivity contribution in [1.82, 2.24) is 0 Å². The third kappa shape index (κ3) is 6.12. The lowest BCUT2D eigenvalue weighted by Crippen LogP contribution is -2.18. The second kappa shape index (κ2) is 7.06. The molecule has 4 heteroatoms. The van der Waals surface area contributed by atoms with E-state index in [-0.39, 0.29) is 12.3 Å². The van der Waals surface area contributed by atoms with Crippen molar-refractivity contribution < 1.29 is 14.6 Å². The first kappa shape index (κ1) is 11.4. The van der Waals surface area contributed by atoms with Gasteiger partial charge >= 0.3 is 5.97 Å². The third-order valence-corrected chi connectivity index (χ3v) is 1.60. The van der Waals surface area contributed by atoms with E-state index in [2.05, 4.69) is 0 Å². The Bertz CT molecular complexity index is 127. The van der Waals surface area contributed by atoms with Crippen molar-refractivity contribution in [3.8, 4) is 0 Å². The fraction of sp³-hybridized carbons (Fsp3) is 0.875. The molecule has 0 amide bonds. The van der Waals surface area contributed by atoms with Gasteiger partial charge in [0.05, 0.1) is 6.42 Å². The number of hydrogen-bond donors (Lipinski definition) is 2. The van der Waals surface area contributed by atoms with Crippen molar-refractivity contribution in [3.63, 3.8) is 0 Å². The topological polar surface area (TPSA) is 72.5 Å². The Labute approximate surface area is 72.7 Å². The van der Waals surface area contributed by atoms with Crippen LogP contribution in [0.5, 0.6) is 0 Å². The zero-order valence-electron chi connectivity index (χ0n) is 7.45. The van der Waals surface area contributed by atoms with Gasteiger partial charge in [-0.3, -0.25) is 4.79 Å². The predicted octanol–water partition coefficient (Wildman–Crippen LogP) is 0.463. The molecule has 0 rings (SSSR count). The number of carbonyl (C=O) groups is 1. The number of hydrogen-bond acceptors (Lipinski definition) is 3. The van der Waals surface area contributed by atoms with E-state index >= 15 is 0 Å². The average molecular weight is 175 g/mol. The summed E-state index contributed by atoms with van der Waals surface area (Å²) in [6.07, 6.45) is 0.865. The predicted molar refractivity (Wildman–Crippen MR) is 45.9 cm³/mol. The lowest BCUT2D eigenvalue weighted by Gasteiger charge is -2.12. The van der Waals surface area contributed by atoms with Gasteiger partial charge in [0.25, 0.3) is 0 Å². The van der Waals surface area contributed by atoms with Gasteiger partial charge in [0, 0.05) is 13.2 Å². The molecule has 0 aromatic heterocycles. The molecule has 0 radical (unpaired) electrons. The minimum absolute atomic E-state index is 0.0625. The summed E-state index contributed by atoms with van der Waals surface area (Å²) >= 11 is 0. The van der Waals surface area contributed by atoms with Crippen molar-refractivity contribution >= 4 is 5.97 Å². The van der Waals surface area contributed by atoms with Crippen molar-refractivity contribution in [2.24, 2.45) is 11.7 Å². The van der Waals surface area contributed by atoms with Crippen molar-refractivity contribution in [2.75, 3.05) is 19.8 Å². The smallest absolute Gasteiger partial charge is 0.303 e. The third-order valence-electron chi connectivity index (χ3n) is 1.60. The molecule has 1 atom stereocenters. The van der Waals surface area contributed by atoms with Gasteiger partial charge < -0.3 is 15.6 Å². The highest BCUT2D eigenvalue weighted by molar-refractivity contribution is 5.67. The minimum atomic E-state index is -0.784. The first-order valence-corrected chi connectivity index (χ1v) is 4.20. The summed E-state index contributed by atoms with van der Waals surface area (Å²) in [5, 5.41) is 8.51. The Morgan fingerprint density at radius 1 is 1.67 bits per heavy atom. The molecule has 0 aliphatic heterocycles. The van der Waals surface area contributed by atoms with Gasteiger partial charge in [0.1, 0.15) is 0 Å². The van der Waals surface area contributed by atoms with E-state index in [1.165, 1.54) is 0 Å². The van der Waals surface area contributed by atoms with Crippen LogP contribution in [-0.4, -0.2) is 30.8 Å². The molecular formula is C8H17NO3. The van der Waals surface area contributed by atoms with E-state index in [0.29, 0.717) is 26.2 Å². The molecule has 0 aliphatic rings. The molecule has 0 saturated carbocycles. The molecule has 0 aliphatic carbocycles. The van der Waals surface area contributed by atoms with Gasteiger partial charge in [-0.2, -0.15) is 0 Å². The summed E-state index contributed by atoms with van der Waals surface area (Å²) in [6.45, 7) is 3.53. The number of rotatable bonds is 7. The van der Waals surface area contributed by atoms with Gasteiger partial charge in [-0.1, -0.05) is 0 Å². The molecule has 0 aromatic rings. The Hall–Kier alpha value is -0.610. The quantitative estimate of drug-likeness (QED) is 0.589. The Morgan fingerprint density at radius 3 is 2.75 bits per heavy atom. The molecule has 0 aromatic carbocycles. The van der Waals surface area contributed by atoms with Gasteiger partial charge in [-0.25, -0.2) is 0 Å². The van der Waals surface area contributed by atoms with Crippen molar-refractivity contribution in [2.45, 2.75) is 19.8 Å². The maximum atomic E-state index is 10.4. The Morgan fingerprint density at radius 2 is 2.33 bits per heavy atom. The monoisotopic (exact) mass is 175 g/mol. The van der Waals surface area contributed by atoms with Crippen LogP contribution in [0.4, 0.5) is 0 Å². The van der Waals surface area contributed by atoms with Crippen molar-refractivity contribution in [1.29, 1.82) is 0 Å². The standard InChI is InChI=1S/C8H17NO3/c1-2-12-6-7(3-4-9)5-8(10)11/h7H,2-6,9H2,1H3,(H,10,11)/t7-/m0/s1. The van der Waals surface area contributed by atoms with E-state index < -0.39 is 5.97 Å². The molecule has 0 heterocycles. The van der Waals surface area contributed by atoms with Crippen LogP contribution in [0, 0.1) is 5.92 Å². The van der Waals surface area contributed by atoms with Gasteiger partial charge in [0.15, 0.2) is 0 Å². The highest BCUT2D eigenvalue weighted by Gasteiger charge is 2.11. The lowest BCUT2D eigenvalue weighted by atomic mass is 10.0. The van der Waals surface area contributed by atoms with Crippen LogP contribution >= 0.6 is 0 Å². The molecule has 0 spiro atoms. The second-order valence-corrected chi connectivity index (χ2v) is 2.70. The van der Waals surface area contributed by atoms with Gasteiger partial charge in [0.2, 0.25) is 0 Å². The van der Waals surface area contributed by atoms with Crippen LogP contribution in [-0.2, 0) is 9.53 Å². The molecule has 12 heavy (non-hydrogen) atoms. The Kier molecular flexibility index (Phi) is 6.70. The summed E-state index contributed by atoms with van der Waals surface area (Å²) in [7, 11) is 0. The van der Waals surface area contributed by atoms with Crippen LogP contribution in [0.2, 0.25) is 0 Å². The second-order valence-electron chi connectivity index (χ2n) is 2.70. The SMILES string of the molecule is CCOC[C@@H](CCN)CC(=O)O. The normalized spacial score (nSPS) is 12.8. The molecular weight excluding hydrogens is 158 g/mol. The highest BCUT2D eigenvalue weighted by Crippen LogP contribution is 2.07. The zero-order chi connectivity index (χ0) is 9.40. The molecule has 72 valence electrons. The summed E-state index contributed by atoms with van der Waals surface area (Å²) in [4.78, 5) is 10.4. The maximum absolute atomic E-state index is 10.4. The van der Waals surface area contributed by atoms with Crippen LogP contribution in [0.3, 0.4) is 0 Å². The summed E-state index contributed by atoms with van der Waals surface area (Å²) in [6, 6.07) is 0. The number of aliphatic carboxylic acids is 1. The number of ether oxygens (including phenoxy) is 1. The molecule has 0 bridgehead atoms. The van der Waals surface area contributed by atoms with Crippen LogP contribution in [0.25, 0.3) is 0 Å². The fourth-order valence-electron chi connectivity index (χ4n) is 1.01. The van der Waals surface area contributed by atoms with E-state index in [0.717, 1.165) is 0 Å². The first-order valence-electron chi connectivity index (χ1n) is 4.20. The molecule has 0 unspecified atom stereocenters. The largest absolute Gasteiger partial charge is 0.481 e. The van der Waals surface area contributed by atoms with Crippen LogP contribution < -0.4 is 5.73 Å². The van der Waals surface area contributed by atoms with Crippen LogP contribution in [0.15, 0.2) is 0 Å². The molecule has 4 nitrogen and oxygen atoms in total. The van der Waals surface area contributed by atoms with Crippen LogP contribution in [0.1, 0.15) is 19.8 Å². The number of carboxylic acids is 1. The Balaban J connectivity index is 3.61. The summed E-state index contributed by atoms with van der Waals surface area (Å²) in [5.41, 5.74) is 5.33. The van der Waals surface area contributed by atoms with E-state index in [1.54, 1.807) is 0 Å². The number of carboxylic acid groups (broad SMARTS) is 1. The molecule has 0 saturated heterocycles. The summed E-state index contributed by atoms with van der Waals surface area (Å²) in [5.74, 6) is -0.722. The van der Waals surface area contributed by atoms with Crippen molar-refractivity contribution in [3.05, 3.63) is 0 Å². The lowest BCUT2D eigenvalue weighted by molar-refractivity contribution is -0.138. The minimum Gasteiger partial charge on any atom is -0.481 e. The highest BCUT2D eigenvalue weighted by atomic mass is 16.5. The summed E-state index contributed by atoms with van der Waals surface area (Å²) < 4.78 is 5.13. The van der Waals surface area contributed by atoms with Gasteiger partial charge in [-0.15, -0.1) is 0 Å². The molecule has 3 N–H and O–H groups in total. The first-order chi connectivity index (χ1) is 5.70. The zero-order valence-corrected chi connectivity index (χ0v) is 7.45. The maximum Gasteiger partial charge on any atom is 0.303 e. The average Bonchev–Trinajstić information content (AvgIpc) is 2.00.